The Morgan fingerprint density at radius 3 is 2.31 bits per heavy atom. The minimum absolute atomic E-state index is 0.246. The van der Waals surface area contributed by atoms with Crippen LogP contribution in [0.3, 0.4) is 0 Å². The molecule has 2 aromatic rings. The zero-order valence-electron chi connectivity index (χ0n) is 15.1. The number of nitrogens with one attached hydrogen (secondary N) is 1. The monoisotopic (exact) mass is 352 g/mol. The van der Waals surface area contributed by atoms with E-state index < -0.39 is 0 Å². The summed E-state index contributed by atoms with van der Waals surface area (Å²) in [5, 5.41) is 3.10. The Morgan fingerprint density at radius 2 is 1.65 bits per heavy atom. The van der Waals surface area contributed by atoms with Crippen molar-refractivity contribution in [1.29, 1.82) is 0 Å². The van der Waals surface area contributed by atoms with Gasteiger partial charge in [0.15, 0.2) is 11.5 Å². The summed E-state index contributed by atoms with van der Waals surface area (Å²) >= 11 is 0. The summed E-state index contributed by atoms with van der Waals surface area (Å²) in [5.74, 6) is 0.302. The Morgan fingerprint density at radius 1 is 0.923 bits per heavy atom. The number of ether oxygens (including phenoxy) is 2. The lowest BCUT2D eigenvalue weighted by Crippen LogP contribution is -2.27. The fourth-order valence-electron chi connectivity index (χ4n) is 2.88. The molecule has 0 atom stereocenters. The van der Waals surface area contributed by atoms with Crippen molar-refractivity contribution in [1.82, 2.24) is 4.90 Å². The van der Waals surface area contributed by atoms with Gasteiger partial charge in [-0.05, 0) is 42.3 Å². The average molecular weight is 352 g/mol. The van der Waals surface area contributed by atoms with E-state index in [2.05, 4.69) is 5.32 Å². The highest BCUT2D eigenvalue weighted by atomic mass is 16.5. The van der Waals surface area contributed by atoms with Crippen LogP contribution in [0.2, 0.25) is 0 Å². The van der Waals surface area contributed by atoms with E-state index in [1.807, 2.05) is 31.2 Å². The summed E-state index contributed by atoms with van der Waals surface area (Å²) < 4.78 is 10.6. The van der Waals surface area contributed by atoms with Gasteiger partial charge in [0.25, 0.3) is 11.8 Å². The highest BCUT2D eigenvalue weighted by Crippen LogP contribution is 2.35. The molecular weight excluding hydrogens is 332 g/mol. The first kappa shape index (κ1) is 17.5. The van der Waals surface area contributed by atoms with Crippen molar-refractivity contribution >= 4 is 23.1 Å². The normalized spacial score (nSPS) is 14.1. The van der Waals surface area contributed by atoms with Crippen molar-refractivity contribution in [3.05, 3.63) is 59.3 Å². The lowest BCUT2D eigenvalue weighted by Gasteiger charge is -2.11. The highest BCUT2D eigenvalue weighted by Gasteiger charge is 2.37. The summed E-state index contributed by atoms with van der Waals surface area (Å²) in [6.07, 6.45) is 0. The smallest absolute Gasteiger partial charge is 0.277 e. The fraction of sp³-hybridized carbons (Fsp3) is 0.200. The topological polar surface area (TPSA) is 67.9 Å². The number of nitrogens with zero attached hydrogens (tertiary/aromatic N) is 1. The molecule has 1 N–H and O–H groups in total. The maximum absolute atomic E-state index is 12.7. The molecule has 0 bridgehead atoms. The summed E-state index contributed by atoms with van der Waals surface area (Å²) in [7, 11) is 4.53. The molecule has 0 radical (unpaired) electrons. The molecule has 1 heterocycles. The number of carbonyl (C=O) groups excluding carboxylic acids is 2. The molecule has 1 aliphatic heterocycles. The van der Waals surface area contributed by atoms with Crippen molar-refractivity contribution in [2.24, 2.45) is 0 Å². The predicted molar refractivity (Wildman–Crippen MR) is 99.0 cm³/mol. The molecule has 1 aliphatic rings. The van der Waals surface area contributed by atoms with Gasteiger partial charge in [0.1, 0.15) is 5.70 Å². The Labute approximate surface area is 152 Å². The maximum atomic E-state index is 12.7. The molecule has 6 nitrogen and oxygen atoms in total. The van der Waals surface area contributed by atoms with Crippen molar-refractivity contribution in [3.63, 3.8) is 0 Å². The van der Waals surface area contributed by atoms with Crippen LogP contribution in [0.15, 0.2) is 48.2 Å². The number of methoxy groups -OCH3 is 2. The third-order valence-electron chi connectivity index (χ3n) is 4.25. The van der Waals surface area contributed by atoms with Gasteiger partial charge < -0.3 is 14.8 Å². The van der Waals surface area contributed by atoms with Crippen molar-refractivity contribution in [3.8, 4) is 11.5 Å². The van der Waals surface area contributed by atoms with Crippen LogP contribution in [0, 0.1) is 6.92 Å². The molecule has 0 fully saturated rings. The largest absolute Gasteiger partial charge is 0.493 e. The average Bonchev–Trinajstić information content (AvgIpc) is 2.85. The quantitative estimate of drug-likeness (QED) is 0.838. The number of rotatable bonds is 5. The molecule has 3 rings (SSSR count). The molecule has 0 saturated heterocycles. The van der Waals surface area contributed by atoms with Crippen LogP contribution >= 0.6 is 0 Å². The Hall–Kier alpha value is -3.28. The second-order valence-electron chi connectivity index (χ2n) is 5.98. The predicted octanol–water partition coefficient (Wildman–Crippen LogP) is 2.83. The third kappa shape index (κ3) is 3.01. The van der Waals surface area contributed by atoms with E-state index in [-0.39, 0.29) is 17.5 Å². The Balaban J connectivity index is 2.11. The standard InChI is InChI=1S/C20H20N2O4/c1-12-6-5-7-14(10-12)21-18-17(19(23)22(2)20(18)24)13-8-9-15(25-3)16(11-13)26-4/h5-11,21H,1-4H3. The highest BCUT2D eigenvalue weighted by molar-refractivity contribution is 6.36. The lowest BCUT2D eigenvalue weighted by atomic mass is 10.0. The first-order valence-corrected chi connectivity index (χ1v) is 8.09. The van der Waals surface area contributed by atoms with Crippen LogP contribution in [-0.2, 0) is 9.59 Å². The van der Waals surface area contributed by atoms with E-state index in [1.54, 1.807) is 25.3 Å². The molecule has 0 saturated carbocycles. The molecular formula is C20H20N2O4. The minimum atomic E-state index is -0.374. The van der Waals surface area contributed by atoms with E-state index in [1.165, 1.54) is 14.2 Å². The lowest BCUT2D eigenvalue weighted by molar-refractivity contribution is -0.135. The molecule has 0 spiro atoms. The number of imide groups is 1. The van der Waals surface area contributed by atoms with E-state index >= 15 is 0 Å². The summed E-state index contributed by atoms with van der Waals surface area (Å²) in [6, 6.07) is 12.7. The van der Waals surface area contributed by atoms with Crippen molar-refractivity contribution < 1.29 is 19.1 Å². The van der Waals surface area contributed by atoms with E-state index in [9.17, 15) is 9.59 Å². The number of hydrogen-bond acceptors (Lipinski definition) is 5. The van der Waals surface area contributed by atoms with Crippen LogP contribution in [-0.4, -0.2) is 38.0 Å². The molecule has 134 valence electrons. The second-order valence-corrected chi connectivity index (χ2v) is 5.98. The molecule has 0 aromatic heterocycles. The number of hydrogen-bond donors (Lipinski definition) is 1. The fourth-order valence-corrected chi connectivity index (χ4v) is 2.88. The molecule has 2 amide bonds. The van der Waals surface area contributed by atoms with Gasteiger partial charge in [0.2, 0.25) is 0 Å². The Bertz CT molecular complexity index is 918. The zero-order chi connectivity index (χ0) is 18.8. The van der Waals surface area contributed by atoms with Crippen LogP contribution in [0.5, 0.6) is 11.5 Å². The number of anilines is 1. The van der Waals surface area contributed by atoms with Crippen LogP contribution in [0.1, 0.15) is 11.1 Å². The molecule has 26 heavy (non-hydrogen) atoms. The number of benzene rings is 2. The van der Waals surface area contributed by atoms with Gasteiger partial charge in [-0.15, -0.1) is 0 Å². The number of aryl methyl sites for hydroxylation is 1. The van der Waals surface area contributed by atoms with Gasteiger partial charge in [-0.2, -0.15) is 0 Å². The van der Waals surface area contributed by atoms with Gasteiger partial charge in [0, 0.05) is 12.7 Å². The van der Waals surface area contributed by atoms with Crippen LogP contribution in [0.25, 0.3) is 5.57 Å². The van der Waals surface area contributed by atoms with Gasteiger partial charge in [-0.1, -0.05) is 18.2 Å². The van der Waals surface area contributed by atoms with Crippen LogP contribution in [0.4, 0.5) is 5.69 Å². The second kappa shape index (κ2) is 6.92. The Kier molecular flexibility index (Phi) is 4.67. The molecule has 6 heteroatoms. The number of carbonyl (C=O) groups is 2. The van der Waals surface area contributed by atoms with E-state index in [4.69, 9.17) is 9.47 Å². The maximum Gasteiger partial charge on any atom is 0.277 e. The number of amides is 2. The zero-order valence-corrected chi connectivity index (χ0v) is 15.1. The van der Waals surface area contributed by atoms with Gasteiger partial charge in [0.05, 0.1) is 19.8 Å². The van der Waals surface area contributed by atoms with E-state index in [0.29, 0.717) is 22.6 Å². The molecule has 0 unspecified atom stereocenters. The minimum Gasteiger partial charge on any atom is -0.493 e. The summed E-state index contributed by atoms with van der Waals surface area (Å²) in [5.41, 5.74) is 2.93. The summed E-state index contributed by atoms with van der Waals surface area (Å²) in [6.45, 7) is 1.96. The number of likely N-dealkylation sites (N-methyl/N-ethyl adjacent to an activating group) is 1. The molecule has 0 aliphatic carbocycles. The molecule has 2 aromatic carbocycles. The first-order valence-electron chi connectivity index (χ1n) is 8.09. The van der Waals surface area contributed by atoms with E-state index in [0.717, 1.165) is 16.2 Å². The summed E-state index contributed by atoms with van der Waals surface area (Å²) in [4.78, 5) is 26.4. The van der Waals surface area contributed by atoms with Gasteiger partial charge in [-0.3, -0.25) is 14.5 Å². The first-order chi connectivity index (χ1) is 12.5. The SMILES string of the molecule is COc1ccc(C2=C(Nc3cccc(C)c3)C(=O)N(C)C2=O)cc1OC. The van der Waals surface area contributed by atoms with Crippen LogP contribution < -0.4 is 14.8 Å². The van der Waals surface area contributed by atoms with Crippen molar-refractivity contribution in [2.75, 3.05) is 26.6 Å². The van der Waals surface area contributed by atoms with Crippen molar-refractivity contribution in [2.45, 2.75) is 6.92 Å². The van der Waals surface area contributed by atoms with Gasteiger partial charge >= 0.3 is 0 Å². The third-order valence-corrected chi connectivity index (χ3v) is 4.25. The van der Waals surface area contributed by atoms with Gasteiger partial charge in [-0.25, -0.2) is 0 Å².